The Labute approximate surface area is 161 Å². The van der Waals surface area contributed by atoms with Crippen molar-refractivity contribution in [1.29, 1.82) is 0 Å². The smallest absolute Gasteiger partial charge is 0.287 e. The van der Waals surface area contributed by atoms with Gasteiger partial charge >= 0.3 is 0 Å². The molecule has 10 heteroatoms. The standard InChI is InChI=1S/C16H17Cl2N3O4S/c1-10-2-3-12(25-10)16(22)19-11-6-8-21(9-7-11)26(23,24)13-4-5-14(17)20-15(13)18/h2-5,11H,6-9H2,1H3,(H,19,22). The van der Waals surface area contributed by atoms with E-state index in [9.17, 15) is 13.2 Å². The highest BCUT2D eigenvalue weighted by atomic mass is 35.5. The highest BCUT2D eigenvalue weighted by Crippen LogP contribution is 2.27. The van der Waals surface area contributed by atoms with E-state index in [1.165, 1.54) is 16.4 Å². The Hall–Kier alpha value is -1.61. The molecule has 1 amide bonds. The Morgan fingerprint density at radius 1 is 1.23 bits per heavy atom. The lowest BCUT2D eigenvalue weighted by atomic mass is 10.1. The highest BCUT2D eigenvalue weighted by molar-refractivity contribution is 7.89. The van der Waals surface area contributed by atoms with Crippen LogP contribution in [0.5, 0.6) is 0 Å². The molecule has 0 saturated carbocycles. The molecule has 0 spiro atoms. The van der Waals surface area contributed by atoms with Crippen molar-refractivity contribution in [2.24, 2.45) is 0 Å². The van der Waals surface area contributed by atoms with Crippen LogP contribution < -0.4 is 5.32 Å². The number of furan rings is 1. The third kappa shape index (κ3) is 4.03. The molecule has 3 heterocycles. The maximum atomic E-state index is 12.7. The number of hydrogen-bond donors (Lipinski definition) is 1. The van der Waals surface area contributed by atoms with Crippen LogP contribution in [0.15, 0.2) is 33.6 Å². The van der Waals surface area contributed by atoms with Gasteiger partial charge in [-0.2, -0.15) is 4.31 Å². The highest BCUT2D eigenvalue weighted by Gasteiger charge is 2.32. The normalized spacial score (nSPS) is 16.6. The Morgan fingerprint density at radius 2 is 1.92 bits per heavy atom. The van der Waals surface area contributed by atoms with Crippen molar-refractivity contribution >= 4 is 39.1 Å². The van der Waals surface area contributed by atoms with E-state index in [1.807, 2.05) is 0 Å². The van der Waals surface area contributed by atoms with Crippen molar-refractivity contribution < 1.29 is 17.6 Å². The maximum Gasteiger partial charge on any atom is 0.287 e. The predicted octanol–water partition coefficient (Wildman–Crippen LogP) is 2.87. The third-order valence-corrected chi connectivity index (χ3v) is 6.69. The van der Waals surface area contributed by atoms with Gasteiger partial charge < -0.3 is 9.73 Å². The molecule has 0 radical (unpaired) electrons. The van der Waals surface area contributed by atoms with E-state index in [4.69, 9.17) is 27.6 Å². The zero-order valence-corrected chi connectivity index (χ0v) is 16.2. The molecule has 2 aromatic heterocycles. The number of carbonyl (C=O) groups excluding carboxylic acids is 1. The van der Waals surface area contributed by atoms with Crippen LogP contribution in [0.25, 0.3) is 0 Å². The molecule has 1 N–H and O–H groups in total. The van der Waals surface area contributed by atoms with Gasteiger partial charge in [-0.15, -0.1) is 0 Å². The molecular formula is C16H17Cl2N3O4S. The van der Waals surface area contributed by atoms with Gasteiger partial charge in [0.25, 0.3) is 5.91 Å². The van der Waals surface area contributed by atoms with Gasteiger partial charge in [0.05, 0.1) is 0 Å². The number of pyridine rings is 1. The second-order valence-electron chi connectivity index (χ2n) is 5.99. The maximum absolute atomic E-state index is 12.7. The average molecular weight is 418 g/mol. The van der Waals surface area contributed by atoms with Crippen molar-refractivity contribution in [2.75, 3.05) is 13.1 Å². The van der Waals surface area contributed by atoms with Gasteiger partial charge in [0, 0.05) is 19.1 Å². The first-order valence-electron chi connectivity index (χ1n) is 7.97. The van der Waals surface area contributed by atoms with E-state index in [2.05, 4.69) is 10.3 Å². The minimum Gasteiger partial charge on any atom is -0.456 e. The van der Waals surface area contributed by atoms with Crippen LogP contribution in [0.3, 0.4) is 0 Å². The summed E-state index contributed by atoms with van der Waals surface area (Å²) >= 11 is 11.7. The van der Waals surface area contributed by atoms with Crippen molar-refractivity contribution in [3.05, 3.63) is 46.1 Å². The Bertz CT molecular complexity index is 921. The van der Waals surface area contributed by atoms with E-state index >= 15 is 0 Å². The van der Waals surface area contributed by atoms with Crippen LogP contribution in [0.2, 0.25) is 10.3 Å². The molecule has 0 atom stereocenters. The molecule has 26 heavy (non-hydrogen) atoms. The van der Waals surface area contributed by atoms with Crippen molar-refractivity contribution in [1.82, 2.24) is 14.6 Å². The fraction of sp³-hybridized carbons (Fsp3) is 0.375. The monoisotopic (exact) mass is 417 g/mol. The summed E-state index contributed by atoms with van der Waals surface area (Å²) in [7, 11) is -3.76. The number of nitrogens with one attached hydrogen (secondary N) is 1. The van der Waals surface area contributed by atoms with Crippen LogP contribution in [0.1, 0.15) is 29.2 Å². The molecule has 1 aliphatic rings. The summed E-state index contributed by atoms with van der Waals surface area (Å²) in [5.74, 6) is 0.602. The predicted molar refractivity (Wildman–Crippen MR) is 96.9 cm³/mol. The van der Waals surface area contributed by atoms with Crippen LogP contribution in [0, 0.1) is 6.92 Å². The Morgan fingerprint density at radius 3 is 2.50 bits per heavy atom. The molecule has 0 aromatic carbocycles. The topological polar surface area (TPSA) is 92.5 Å². The van der Waals surface area contributed by atoms with Gasteiger partial charge in [-0.3, -0.25) is 4.79 Å². The van der Waals surface area contributed by atoms with Crippen LogP contribution in [0.4, 0.5) is 0 Å². The second kappa shape index (κ2) is 7.56. The summed E-state index contributed by atoms with van der Waals surface area (Å²) in [5, 5.41) is 2.85. The molecule has 1 saturated heterocycles. The Kier molecular flexibility index (Phi) is 5.57. The number of rotatable bonds is 4. The number of piperidine rings is 1. The van der Waals surface area contributed by atoms with E-state index in [0.717, 1.165) is 0 Å². The lowest BCUT2D eigenvalue weighted by Crippen LogP contribution is -2.46. The van der Waals surface area contributed by atoms with Crippen LogP contribution >= 0.6 is 23.2 Å². The molecule has 0 aliphatic carbocycles. The fourth-order valence-corrected chi connectivity index (χ4v) is 4.89. The SMILES string of the molecule is Cc1ccc(C(=O)NC2CCN(S(=O)(=O)c3ccc(Cl)nc3Cl)CC2)o1. The minimum atomic E-state index is -3.76. The molecule has 1 aliphatic heterocycles. The first-order chi connectivity index (χ1) is 12.3. The van der Waals surface area contributed by atoms with E-state index in [-0.39, 0.29) is 46.0 Å². The number of halogens is 2. The van der Waals surface area contributed by atoms with Gasteiger partial charge in [0.2, 0.25) is 10.0 Å². The first kappa shape index (κ1) is 19.2. The molecule has 7 nitrogen and oxygen atoms in total. The molecular weight excluding hydrogens is 401 g/mol. The Balaban J connectivity index is 1.63. The molecule has 0 bridgehead atoms. The van der Waals surface area contributed by atoms with E-state index < -0.39 is 10.0 Å². The van der Waals surface area contributed by atoms with E-state index in [1.54, 1.807) is 19.1 Å². The third-order valence-electron chi connectivity index (χ3n) is 4.15. The summed E-state index contributed by atoms with van der Waals surface area (Å²) in [6, 6.07) is 5.94. The summed E-state index contributed by atoms with van der Waals surface area (Å²) in [4.78, 5) is 15.8. The molecule has 2 aromatic rings. The van der Waals surface area contributed by atoms with Gasteiger partial charge in [0.1, 0.15) is 15.8 Å². The second-order valence-corrected chi connectivity index (χ2v) is 8.64. The van der Waals surface area contributed by atoms with Gasteiger partial charge in [-0.05, 0) is 44.0 Å². The van der Waals surface area contributed by atoms with Crippen molar-refractivity contribution in [3.63, 3.8) is 0 Å². The number of nitrogens with zero attached hydrogens (tertiary/aromatic N) is 2. The number of sulfonamides is 1. The molecule has 1 fully saturated rings. The quantitative estimate of drug-likeness (QED) is 0.771. The van der Waals surface area contributed by atoms with Gasteiger partial charge in [-0.1, -0.05) is 23.2 Å². The van der Waals surface area contributed by atoms with Crippen molar-refractivity contribution in [3.8, 4) is 0 Å². The number of carbonyl (C=O) groups is 1. The summed E-state index contributed by atoms with van der Waals surface area (Å²) < 4.78 is 32.1. The average Bonchev–Trinajstić information content (AvgIpc) is 3.01. The molecule has 140 valence electrons. The number of hydrogen-bond acceptors (Lipinski definition) is 5. The summed E-state index contributed by atoms with van der Waals surface area (Å²) in [5.41, 5.74) is 0. The van der Waals surface area contributed by atoms with Crippen LogP contribution in [-0.2, 0) is 10.0 Å². The number of aromatic nitrogens is 1. The number of aryl methyl sites for hydroxylation is 1. The largest absolute Gasteiger partial charge is 0.456 e. The fourth-order valence-electron chi connectivity index (χ4n) is 2.78. The molecule has 0 unspecified atom stereocenters. The molecule has 3 rings (SSSR count). The number of amides is 1. The lowest BCUT2D eigenvalue weighted by molar-refractivity contribution is 0.0894. The summed E-state index contributed by atoms with van der Waals surface area (Å²) in [6.45, 7) is 2.30. The van der Waals surface area contributed by atoms with Gasteiger partial charge in [-0.25, -0.2) is 13.4 Å². The van der Waals surface area contributed by atoms with E-state index in [0.29, 0.717) is 18.6 Å². The first-order valence-corrected chi connectivity index (χ1v) is 10.2. The summed E-state index contributed by atoms with van der Waals surface area (Å²) in [6.07, 6.45) is 0.979. The zero-order chi connectivity index (χ0) is 18.9. The lowest BCUT2D eigenvalue weighted by Gasteiger charge is -2.31. The van der Waals surface area contributed by atoms with Crippen molar-refractivity contribution in [2.45, 2.75) is 30.7 Å². The van der Waals surface area contributed by atoms with Crippen LogP contribution in [-0.4, -0.2) is 42.7 Å². The van der Waals surface area contributed by atoms with Gasteiger partial charge in [0.15, 0.2) is 10.9 Å². The minimum absolute atomic E-state index is 0.0721. The zero-order valence-electron chi connectivity index (χ0n) is 13.9.